The van der Waals surface area contributed by atoms with E-state index in [1.165, 1.54) is 5.56 Å². The Kier molecular flexibility index (Phi) is 5.31. The number of nitrogens with one attached hydrogen (secondary N) is 1. The number of anilines is 1. The van der Waals surface area contributed by atoms with E-state index in [-0.39, 0.29) is 5.91 Å². The fourth-order valence-electron chi connectivity index (χ4n) is 3.11. The second-order valence-corrected chi connectivity index (χ2v) is 7.04. The van der Waals surface area contributed by atoms with E-state index in [2.05, 4.69) is 33.2 Å². The molecule has 0 atom stereocenters. The molecule has 0 saturated carbocycles. The Hall–Kier alpha value is -2.43. The zero-order valence-electron chi connectivity index (χ0n) is 15.2. The van der Waals surface area contributed by atoms with Gasteiger partial charge in [-0.1, -0.05) is 36.8 Å². The zero-order valence-corrected chi connectivity index (χ0v) is 15.2. The van der Waals surface area contributed by atoms with E-state index in [0.29, 0.717) is 18.2 Å². The molecule has 2 aromatic rings. The summed E-state index contributed by atoms with van der Waals surface area (Å²) in [6.07, 6.45) is 2.29. The number of hydrogen-bond acceptors (Lipinski definition) is 4. The number of amides is 1. The minimum atomic E-state index is -0.154. The first-order valence-corrected chi connectivity index (χ1v) is 8.95. The highest BCUT2D eigenvalue weighted by molar-refractivity contribution is 5.92. The number of rotatable bonds is 4. The second kappa shape index (κ2) is 7.64. The predicted octanol–water partition coefficient (Wildman–Crippen LogP) is 3.26. The minimum absolute atomic E-state index is 0.154. The van der Waals surface area contributed by atoms with Gasteiger partial charge in [0.25, 0.3) is 5.91 Å². The third kappa shape index (κ3) is 4.56. The summed E-state index contributed by atoms with van der Waals surface area (Å²) in [5, 5.41) is 2.96. The molecule has 1 fully saturated rings. The average Bonchev–Trinajstić information content (AvgIpc) is 2.60. The summed E-state index contributed by atoms with van der Waals surface area (Å²) in [7, 11) is 0. The van der Waals surface area contributed by atoms with Crippen LogP contribution in [-0.4, -0.2) is 29.0 Å². The fraction of sp³-hybridized carbons (Fsp3) is 0.450. The van der Waals surface area contributed by atoms with Crippen molar-refractivity contribution in [3.8, 4) is 0 Å². The molecule has 1 aromatic heterocycles. The molecule has 3 rings (SSSR count). The quantitative estimate of drug-likeness (QED) is 0.929. The van der Waals surface area contributed by atoms with Crippen LogP contribution in [0.5, 0.6) is 0 Å². The Bertz CT molecular complexity index is 751. The van der Waals surface area contributed by atoms with Crippen molar-refractivity contribution in [2.24, 2.45) is 5.92 Å². The summed E-state index contributed by atoms with van der Waals surface area (Å²) >= 11 is 0. The molecule has 0 bridgehead atoms. The standard InChI is InChI=1S/C20H26N4O/c1-14-7-9-24(10-8-14)20-22-16(3)12-18(23-20)19(25)21-13-17-6-4-5-15(2)11-17/h4-6,11-12,14H,7-10,13H2,1-3H3,(H,21,25). The largest absolute Gasteiger partial charge is 0.347 e. The third-order valence-electron chi connectivity index (χ3n) is 4.68. The Labute approximate surface area is 149 Å². The van der Waals surface area contributed by atoms with Crippen LogP contribution in [0.3, 0.4) is 0 Å². The van der Waals surface area contributed by atoms with Crippen molar-refractivity contribution in [2.75, 3.05) is 18.0 Å². The lowest BCUT2D eigenvalue weighted by molar-refractivity contribution is 0.0945. The molecule has 0 spiro atoms. The topological polar surface area (TPSA) is 58.1 Å². The van der Waals surface area contributed by atoms with Crippen LogP contribution in [0.2, 0.25) is 0 Å². The predicted molar refractivity (Wildman–Crippen MR) is 99.7 cm³/mol. The van der Waals surface area contributed by atoms with Crippen LogP contribution in [0.15, 0.2) is 30.3 Å². The van der Waals surface area contributed by atoms with Crippen LogP contribution in [0.25, 0.3) is 0 Å². The summed E-state index contributed by atoms with van der Waals surface area (Å²) in [4.78, 5) is 23.8. The first-order chi connectivity index (χ1) is 12.0. The van der Waals surface area contributed by atoms with E-state index in [1.807, 2.05) is 32.0 Å². The van der Waals surface area contributed by atoms with Crippen molar-refractivity contribution >= 4 is 11.9 Å². The highest BCUT2D eigenvalue weighted by Crippen LogP contribution is 2.20. The highest BCUT2D eigenvalue weighted by Gasteiger charge is 2.20. The van der Waals surface area contributed by atoms with Crippen LogP contribution < -0.4 is 10.2 Å². The molecular formula is C20H26N4O. The number of carbonyl (C=O) groups excluding carboxylic acids is 1. The molecule has 1 aliphatic rings. The van der Waals surface area contributed by atoms with Crippen LogP contribution in [0.4, 0.5) is 5.95 Å². The molecule has 1 aromatic carbocycles. The van der Waals surface area contributed by atoms with E-state index in [1.54, 1.807) is 6.07 Å². The summed E-state index contributed by atoms with van der Waals surface area (Å²) in [6.45, 7) is 8.64. The number of aryl methyl sites for hydroxylation is 2. The van der Waals surface area contributed by atoms with Gasteiger partial charge in [0.2, 0.25) is 5.95 Å². The molecule has 5 nitrogen and oxygen atoms in total. The van der Waals surface area contributed by atoms with E-state index < -0.39 is 0 Å². The normalized spacial score (nSPS) is 15.2. The van der Waals surface area contributed by atoms with Gasteiger partial charge in [0.1, 0.15) is 5.69 Å². The number of benzene rings is 1. The number of piperidine rings is 1. The first-order valence-electron chi connectivity index (χ1n) is 8.95. The summed E-state index contributed by atoms with van der Waals surface area (Å²) in [6, 6.07) is 9.89. The molecule has 0 radical (unpaired) electrons. The van der Waals surface area contributed by atoms with Gasteiger partial charge in [-0.05, 0) is 44.2 Å². The number of hydrogen-bond donors (Lipinski definition) is 1. The lowest BCUT2D eigenvalue weighted by Crippen LogP contribution is -2.35. The maximum atomic E-state index is 12.5. The molecule has 5 heteroatoms. The van der Waals surface area contributed by atoms with Crippen LogP contribution in [-0.2, 0) is 6.54 Å². The lowest BCUT2D eigenvalue weighted by atomic mass is 10.00. The molecule has 1 N–H and O–H groups in total. The third-order valence-corrected chi connectivity index (χ3v) is 4.68. The van der Waals surface area contributed by atoms with E-state index >= 15 is 0 Å². The van der Waals surface area contributed by atoms with Gasteiger partial charge in [-0.2, -0.15) is 0 Å². The summed E-state index contributed by atoms with van der Waals surface area (Å²) in [5.41, 5.74) is 3.54. The van der Waals surface area contributed by atoms with E-state index in [0.717, 1.165) is 43.1 Å². The number of nitrogens with zero attached hydrogens (tertiary/aromatic N) is 3. The van der Waals surface area contributed by atoms with E-state index in [4.69, 9.17) is 0 Å². The molecule has 2 heterocycles. The number of carbonyl (C=O) groups is 1. The van der Waals surface area contributed by atoms with Gasteiger partial charge in [0.15, 0.2) is 0 Å². The van der Waals surface area contributed by atoms with Gasteiger partial charge in [0, 0.05) is 25.3 Å². The Morgan fingerprint density at radius 1 is 1.20 bits per heavy atom. The van der Waals surface area contributed by atoms with Gasteiger partial charge in [-0.15, -0.1) is 0 Å². The fourth-order valence-corrected chi connectivity index (χ4v) is 3.11. The Morgan fingerprint density at radius 2 is 1.96 bits per heavy atom. The van der Waals surface area contributed by atoms with Crippen molar-refractivity contribution in [3.63, 3.8) is 0 Å². The van der Waals surface area contributed by atoms with Crippen LogP contribution in [0.1, 0.15) is 47.1 Å². The van der Waals surface area contributed by atoms with Crippen LogP contribution >= 0.6 is 0 Å². The Balaban J connectivity index is 1.69. The van der Waals surface area contributed by atoms with Crippen LogP contribution in [0, 0.1) is 19.8 Å². The van der Waals surface area contributed by atoms with E-state index in [9.17, 15) is 4.79 Å². The molecule has 1 amide bonds. The molecular weight excluding hydrogens is 312 g/mol. The maximum absolute atomic E-state index is 12.5. The molecule has 0 aliphatic carbocycles. The smallest absolute Gasteiger partial charge is 0.270 e. The van der Waals surface area contributed by atoms with Gasteiger partial charge in [-0.25, -0.2) is 9.97 Å². The highest BCUT2D eigenvalue weighted by atomic mass is 16.1. The lowest BCUT2D eigenvalue weighted by Gasteiger charge is -2.30. The SMILES string of the molecule is Cc1cccc(CNC(=O)c2cc(C)nc(N3CCC(C)CC3)n2)c1. The van der Waals surface area contributed by atoms with Gasteiger partial charge < -0.3 is 10.2 Å². The molecule has 1 saturated heterocycles. The summed E-state index contributed by atoms with van der Waals surface area (Å²) < 4.78 is 0. The monoisotopic (exact) mass is 338 g/mol. The van der Waals surface area contributed by atoms with Crippen molar-refractivity contribution in [3.05, 3.63) is 52.8 Å². The van der Waals surface area contributed by atoms with Crippen molar-refractivity contribution < 1.29 is 4.79 Å². The first kappa shape index (κ1) is 17.4. The number of aromatic nitrogens is 2. The van der Waals surface area contributed by atoms with Crippen molar-refractivity contribution in [2.45, 2.75) is 40.2 Å². The minimum Gasteiger partial charge on any atom is -0.347 e. The maximum Gasteiger partial charge on any atom is 0.270 e. The Morgan fingerprint density at radius 3 is 2.68 bits per heavy atom. The van der Waals surface area contributed by atoms with Gasteiger partial charge in [0.05, 0.1) is 0 Å². The van der Waals surface area contributed by atoms with Crippen molar-refractivity contribution in [1.29, 1.82) is 0 Å². The molecule has 132 valence electrons. The molecule has 25 heavy (non-hydrogen) atoms. The average molecular weight is 338 g/mol. The second-order valence-electron chi connectivity index (χ2n) is 7.04. The molecule has 1 aliphatic heterocycles. The van der Waals surface area contributed by atoms with Gasteiger partial charge >= 0.3 is 0 Å². The van der Waals surface area contributed by atoms with Gasteiger partial charge in [-0.3, -0.25) is 4.79 Å². The summed E-state index contributed by atoms with van der Waals surface area (Å²) in [5.74, 6) is 1.27. The van der Waals surface area contributed by atoms with Crippen molar-refractivity contribution in [1.82, 2.24) is 15.3 Å². The molecule has 0 unspecified atom stereocenters. The zero-order chi connectivity index (χ0) is 17.8.